The second-order valence-corrected chi connectivity index (χ2v) is 16.6. The molecule has 0 N–H and O–H groups in total. The van der Waals surface area contributed by atoms with E-state index in [9.17, 15) is 0 Å². The first-order valence-electron chi connectivity index (χ1n) is 21.1. The van der Waals surface area contributed by atoms with Crippen LogP contribution in [0.5, 0.6) is 0 Å². The Morgan fingerprint density at radius 3 is 1.12 bits per heavy atom. The molecule has 6 aromatic carbocycles. The van der Waals surface area contributed by atoms with Crippen molar-refractivity contribution in [2.75, 3.05) is 0 Å². The minimum Gasteiger partial charge on any atom is -0.374 e. The van der Waals surface area contributed by atoms with Gasteiger partial charge in [0.2, 0.25) is 0 Å². The quantitative estimate of drug-likeness (QED) is 0.132. The molecule has 0 radical (unpaired) electrons. The summed E-state index contributed by atoms with van der Waals surface area (Å²) >= 11 is 0. The van der Waals surface area contributed by atoms with Crippen LogP contribution in [-0.4, -0.2) is 18.3 Å². The lowest BCUT2D eigenvalue weighted by molar-refractivity contribution is 0.0235. The van der Waals surface area contributed by atoms with Crippen molar-refractivity contribution in [1.82, 2.24) is 0 Å². The highest BCUT2D eigenvalue weighted by Crippen LogP contribution is 2.39. The first kappa shape index (κ1) is 40.4. The lowest BCUT2D eigenvalue weighted by atomic mass is 10.0. The molecule has 294 valence electrons. The molecule has 0 amide bonds. The summed E-state index contributed by atoms with van der Waals surface area (Å²) in [5.41, 5.74) is 20.8. The summed E-state index contributed by atoms with van der Waals surface area (Å²) in [4.78, 5) is 0. The van der Waals surface area contributed by atoms with Crippen LogP contribution in [0.25, 0.3) is 33.4 Å². The smallest absolute Gasteiger partial charge is 0.0720 e. The molecule has 0 aromatic heterocycles. The first-order valence-corrected chi connectivity index (χ1v) is 21.1. The van der Waals surface area contributed by atoms with Gasteiger partial charge in [0.05, 0.1) is 38.1 Å². The number of hydrogen-bond donors (Lipinski definition) is 0. The van der Waals surface area contributed by atoms with Crippen LogP contribution >= 0.6 is 0 Å². The van der Waals surface area contributed by atoms with E-state index in [2.05, 4.69) is 176 Å². The molecule has 3 aliphatic rings. The maximum absolute atomic E-state index is 5.93. The summed E-state index contributed by atoms with van der Waals surface area (Å²) < 4.78 is 17.4. The second kappa shape index (κ2) is 18.6. The molecular weight excluding hydrogens is 697 g/mol. The zero-order valence-corrected chi connectivity index (χ0v) is 35.1. The third-order valence-corrected chi connectivity index (χ3v) is 11.7. The lowest BCUT2D eigenvalue weighted by Crippen LogP contribution is -2.15. The van der Waals surface area contributed by atoms with Crippen molar-refractivity contribution >= 4 is 0 Å². The molecule has 9 rings (SSSR count). The average Bonchev–Trinajstić information content (AvgIpc) is 3.91. The van der Waals surface area contributed by atoms with Gasteiger partial charge in [-0.2, -0.15) is 0 Å². The van der Waals surface area contributed by atoms with Crippen LogP contribution in [-0.2, 0) is 53.3 Å². The molecule has 6 aromatic rings. The molecule has 57 heavy (non-hydrogen) atoms. The van der Waals surface area contributed by atoms with Gasteiger partial charge in [0.1, 0.15) is 0 Å². The van der Waals surface area contributed by atoms with Crippen LogP contribution in [0.2, 0.25) is 0 Å². The summed E-state index contributed by atoms with van der Waals surface area (Å²) in [7, 11) is 0. The zero-order chi connectivity index (χ0) is 39.9. The van der Waals surface area contributed by atoms with Crippen LogP contribution in [0.1, 0.15) is 105 Å². The number of fused-ring (bicyclic) bond motifs is 9. The fraction of sp³-hybridized carbons (Fsp3) is 0.333. The van der Waals surface area contributed by atoms with Crippen molar-refractivity contribution in [1.29, 1.82) is 0 Å². The maximum atomic E-state index is 5.93. The van der Waals surface area contributed by atoms with Crippen LogP contribution in [0, 0.1) is 5.92 Å². The van der Waals surface area contributed by atoms with Gasteiger partial charge in [-0.3, -0.25) is 0 Å². The Labute approximate surface area is 342 Å². The fourth-order valence-electron chi connectivity index (χ4n) is 7.90. The molecule has 0 bridgehead atoms. The fourth-order valence-corrected chi connectivity index (χ4v) is 7.90. The van der Waals surface area contributed by atoms with Gasteiger partial charge in [-0.15, -0.1) is 0 Å². The van der Waals surface area contributed by atoms with E-state index >= 15 is 0 Å². The Kier molecular flexibility index (Phi) is 13.2. The third-order valence-electron chi connectivity index (χ3n) is 11.7. The highest BCUT2D eigenvalue weighted by molar-refractivity contribution is 5.78. The van der Waals surface area contributed by atoms with E-state index in [0.29, 0.717) is 31.3 Å². The standard InChI is InChI=1S/C19H22O.C18H20O.C17H18O/c1-13(2)14(3)20-12-15-8-9-19-17(10-15)11-16-6-4-5-7-18(16)19;1-3-13(2)19-12-14-8-9-18-16(10-14)11-15-6-4-5-7-17(15)18;1-12(2)18-11-13-7-8-17-15(9-13)10-14-5-3-4-6-16(14)17/h4-10,13-14H,11-12H2,1-3H3;4-10,13H,3,11-12H2,1-2H3;3-9,12H,10-11H2,1-2H3/t14-;13-;/m11./s1. The van der Waals surface area contributed by atoms with Gasteiger partial charge < -0.3 is 14.2 Å². The van der Waals surface area contributed by atoms with Crippen molar-refractivity contribution in [3.63, 3.8) is 0 Å². The van der Waals surface area contributed by atoms with Crippen LogP contribution in [0.4, 0.5) is 0 Å². The normalized spacial score (nSPS) is 13.6. The summed E-state index contributed by atoms with van der Waals surface area (Å²) in [5, 5.41) is 0. The summed E-state index contributed by atoms with van der Waals surface area (Å²) in [6.07, 6.45) is 5.17. The molecule has 0 unspecified atom stereocenters. The predicted octanol–water partition coefficient (Wildman–Crippen LogP) is 13.6. The SMILES string of the molecule is CC(C)OCc1ccc2c(c1)Cc1ccccc1-2.CC(C)[C@@H](C)OCc1ccc2c(c1)Cc1ccccc1-2.CC[C@@H](C)OCc1ccc2c(c1)Cc1ccccc1-2. The summed E-state index contributed by atoms with van der Waals surface area (Å²) in [5.74, 6) is 0.564. The minimum atomic E-state index is 0.287. The van der Waals surface area contributed by atoms with E-state index in [0.717, 1.165) is 32.3 Å². The lowest BCUT2D eigenvalue weighted by Gasteiger charge is -2.16. The Morgan fingerprint density at radius 1 is 0.404 bits per heavy atom. The van der Waals surface area contributed by atoms with Crippen molar-refractivity contribution in [2.24, 2.45) is 5.92 Å². The maximum Gasteiger partial charge on any atom is 0.0720 e. The first-order chi connectivity index (χ1) is 27.7. The number of benzene rings is 6. The van der Waals surface area contributed by atoms with Crippen molar-refractivity contribution < 1.29 is 14.2 Å². The number of rotatable bonds is 11. The Morgan fingerprint density at radius 2 is 0.754 bits per heavy atom. The highest BCUT2D eigenvalue weighted by Gasteiger charge is 2.20. The largest absolute Gasteiger partial charge is 0.374 e. The molecule has 0 fully saturated rings. The predicted molar refractivity (Wildman–Crippen MR) is 238 cm³/mol. The molecule has 0 heterocycles. The summed E-state index contributed by atoms with van der Waals surface area (Å²) in [6, 6.07) is 46.3. The van der Waals surface area contributed by atoms with Gasteiger partial charge in [0.25, 0.3) is 0 Å². The number of ether oxygens (including phenoxy) is 3. The van der Waals surface area contributed by atoms with E-state index in [1.807, 2.05) is 0 Å². The van der Waals surface area contributed by atoms with Crippen LogP contribution < -0.4 is 0 Å². The van der Waals surface area contributed by atoms with E-state index in [1.165, 1.54) is 83.5 Å². The summed E-state index contributed by atoms with van der Waals surface area (Å²) in [6.45, 7) is 17.1. The number of hydrogen-bond acceptors (Lipinski definition) is 3. The van der Waals surface area contributed by atoms with Crippen molar-refractivity contribution in [2.45, 2.75) is 112 Å². The van der Waals surface area contributed by atoms with Gasteiger partial charge in [-0.05, 0) is 143 Å². The molecule has 3 heteroatoms. The van der Waals surface area contributed by atoms with Crippen LogP contribution in [0.15, 0.2) is 127 Å². The molecule has 2 atom stereocenters. The van der Waals surface area contributed by atoms with E-state index < -0.39 is 0 Å². The molecule has 0 saturated heterocycles. The minimum absolute atomic E-state index is 0.287. The Balaban J connectivity index is 0.000000131. The van der Waals surface area contributed by atoms with E-state index in [-0.39, 0.29) is 6.10 Å². The molecule has 0 aliphatic heterocycles. The van der Waals surface area contributed by atoms with Crippen molar-refractivity contribution in [3.05, 3.63) is 177 Å². The Bertz CT molecular complexity index is 2280. The Hall–Kier alpha value is -4.80. The van der Waals surface area contributed by atoms with E-state index in [1.54, 1.807) is 0 Å². The molecular formula is C54H60O3. The zero-order valence-electron chi connectivity index (χ0n) is 35.1. The van der Waals surface area contributed by atoms with Gasteiger partial charge >= 0.3 is 0 Å². The molecule has 0 saturated carbocycles. The van der Waals surface area contributed by atoms with Gasteiger partial charge in [0.15, 0.2) is 0 Å². The topological polar surface area (TPSA) is 27.7 Å². The molecule has 0 spiro atoms. The van der Waals surface area contributed by atoms with Crippen molar-refractivity contribution in [3.8, 4) is 33.4 Å². The highest BCUT2D eigenvalue weighted by atomic mass is 16.5. The average molecular weight is 757 g/mol. The second-order valence-electron chi connectivity index (χ2n) is 16.6. The van der Waals surface area contributed by atoms with Gasteiger partial charge in [0, 0.05) is 0 Å². The molecule has 3 aliphatic carbocycles. The van der Waals surface area contributed by atoms with Crippen LogP contribution in [0.3, 0.4) is 0 Å². The van der Waals surface area contributed by atoms with Gasteiger partial charge in [-0.1, -0.05) is 148 Å². The third kappa shape index (κ3) is 9.84. The molecule has 3 nitrogen and oxygen atoms in total. The van der Waals surface area contributed by atoms with Gasteiger partial charge in [-0.25, -0.2) is 0 Å². The van der Waals surface area contributed by atoms with E-state index in [4.69, 9.17) is 14.2 Å². The monoisotopic (exact) mass is 756 g/mol.